The molecule has 4 nitrogen and oxygen atoms in total. The van der Waals surface area contributed by atoms with Crippen LogP contribution < -0.4 is 4.74 Å². The van der Waals surface area contributed by atoms with Crippen LogP contribution in [0.25, 0.3) is 0 Å². The van der Waals surface area contributed by atoms with E-state index in [1.54, 1.807) is 12.1 Å². The Morgan fingerprint density at radius 3 is 2.07 bits per heavy atom. The molecule has 0 saturated carbocycles. The maximum absolute atomic E-state index is 5.59. The molecule has 15 heavy (non-hydrogen) atoms. The van der Waals surface area contributed by atoms with Gasteiger partial charge in [-0.1, -0.05) is 18.2 Å². The quantitative estimate of drug-likeness (QED) is 0.812. The molecule has 0 N–H and O–H groups in total. The van der Waals surface area contributed by atoms with Crippen molar-refractivity contribution in [3.63, 3.8) is 0 Å². The van der Waals surface area contributed by atoms with Crippen LogP contribution in [0.4, 0.5) is 0 Å². The van der Waals surface area contributed by atoms with Crippen LogP contribution in [0.3, 0.4) is 0 Å². The first-order chi connectivity index (χ1) is 7.24. The molecule has 0 spiro atoms. The molecule has 0 bridgehead atoms. The van der Waals surface area contributed by atoms with Gasteiger partial charge in [-0.15, -0.1) is 0 Å². The molecule has 6 heteroatoms. The predicted molar refractivity (Wildman–Crippen MR) is 56.4 cm³/mol. The summed E-state index contributed by atoms with van der Waals surface area (Å²) in [5, 5.41) is 0.00172. The lowest BCUT2D eigenvalue weighted by Crippen LogP contribution is -1.94. The lowest BCUT2D eigenvalue weighted by molar-refractivity contribution is 0.439. The number of hydrogen-bond acceptors (Lipinski definition) is 4. The number of halogens is 2. The highest BCUT2D eigenvalue weighted by Crippen LogP contribution is 2.18. The molecular formula is C9H5Cl2N3O. The summed E-state index contributed by atoms with van der Waals surface area (Å²) in [6.45, 7) is 0. The fraction of sp³-hybridized carbons (Fsp3) is 0. The summed E-state index contributed by atoms with van der Waals surface area (Å²) < 4.78 is 5.31. The lowest BCUT2D eigenvalue weighted by atomic mass is 10.3. The van der Waals surface area contributed by atoms with Gasteiger partial charge in [0, 0.05) is 0 Å². The molecule has 0 aliphatic heterocycles. The minimum absolute atomic E-state index is 0.000862. The average molecular weight is 242 g/mol. The Bertz CT molecular complexity index is 444. The molecule has 1 heterocycles. The van der Waals surface area contributed by atoms with Crippen molar-refractivity contribution in [2.75, 3.05) is 0 Å². The van der Waals surface area contributed by atoms with Gasteiger partial charge in [0.2, 0.25) is 10.6 Å². The molecule has 1 aromatic carbocycles. The van der Waals surface area contributed by atoms with E-state index in [9.17, 15) is 0 Å². The van der Waals surface area contributed by atoms with Crippen LogP contribution in [0.15, 0.2) is 30.3 Å². The molecule has 0 saturated heterocycles. The number of rotatable bonds is 2. The van der Waals surface area contributed by atoms with E-state index >= 15 is 0 Å². The van der Waals surface area contributed by atoms with Crippen LogP contribution in [0.1, 0.15) is 0 Å². The zero-order valence-corrected chi connectivity index (χ0v) is 8.90. The van der Waals surface area contributed by atoms with Crippen molar-refractivity contribution in [2.24, 2.45) is 0 Å². The summed E-state index contributed by atoms with van der Waals surface area (Å²) in [6.07, 6.45) is 0. The Morgan fingerprint density at radius 1 is 0.867 bits per heavy atom. The van der Waals surface area contributed by atoms with Crippen LogP contribution in [0.2, 0.25) is 10.6 Å². The summed E-state index contributed by atoms with van der Waals surface area (Å²) in [5.41, 5.74) is 0. The van der Waals surface area contributed by atoms with Crippen LogP contribution in [-0.4, -0.2) is 15.0 Å². The van der Waals surface area contributed by atoms with Crippen molar-refractivity contribution in [1.82, 2.24) is 15.0 Å². The molecule has 0 unspecified atom stereocenters. The fourth-order valence-corrected chi connectivity index (χ4v) is 1.30. The van der Waals surface area contributed by atoms with Gasteiger partial charge in [0.05, 0.1) is 0 Å². The summed E-state index contributed by atoms with van der Waals surface area (Å²) in [4.78, 5) is 11.1. The Labute approximate surface area is 95.9 Å². The van der Waals surface area contributed by atoms with Gasteiger partial charge in [0.1, 0.15) is 5.75 Å². The molecule has 0 atom stereocenters. The third-order valence-corrected chi connectivity index (χ3v) is 1.85. The van der Waals surface area contributed by atoms with Gasteiger partial charge in [-0.25, -0.2) is 0 Å². The molecule has 0 aliphatic carbocycles. The molecule has 0 aliphatic rings. The van der Waals surface area contributed by atoms with Gasteiger partial charge >= 0.3 is 6.01 Å². The van der Waals surface area contributed by atoms with Crippen molar-refractivity contribution in [3.05, 3.63) is 40.9 Å². The van der Waals surface area contributed by atoms with E-state index in [4.69, 9.17) is 27.9 Å². The minimum Gasteiger partial charge on any atom is -0.424 e. The third-order valence-electron chi connectivity index (χ3n) is 1.51. The molecule has 0 fully saturated rings. The topological polar surface area (TPSA) is 47.9 Å². The molecular weight excluding hydrogens is 237 g/mol. The van der Waals surface area contributed by atoms with Gasteiger partial charge in [-0.2, -0.15) is 15.0 Å². The molecule has 2 aromatic rings. The fourth-order valence-electron chi connectivity index (χ4n) is 0.949. The maximum atomic E-state index is 5.59. The smallest absolute Gasteiger partial charge is 0.327 e. The van der Waals surface area contributed by atoms with E-state index < -0.39 is 0 Å². The number of nitrogens with zero attached hydrogens (tertiary/aromatic N) is 3. The van der Waals surface area contributed by atoms with E-state index in [1.165, 1.54) is 0 Å². The molecule has 2 rings (SSSR count). The maximum Gasteiger partial charge on any atom is 0.327 e. The zero-order chi connectivity index (χ0) is 10.7. The predicted octanol–water partition coefficient (Wildman–Crippen LogP) is 2.97. The molecule has 1 aromatic heterocycles. The van der Waals surface area contributed by atoms with E-state index in [2.05, 4.69) is 15.0 Å². The SMILES string of the molecule is Clc1nc(Cl)nc(Oc2ccccc2)n1. The number of benzene rings is 1. The minimum atomic E-state index is 0.000862. The van der Waals surface area contributed by atoms with Crippen molar-refractivity contribution in [1.29, 1.82) is 0 Å². The summed E-state index contributed by atoms with van der Waals surface area (Å²) in [6, 6.07) is 9.16. The molecule has 0 amide bonds. The second-order valence-corrected chi connectivity index (χ2v) is 3.25. The standard InChI is InChI=1S/C9H5Cl2N3O/c10-7-12-8(11)14-9(13-7)15-6-4-2-1-3-5-6/h1-5H. The number of ether oxygens (including phenoxy) is 1. The number of para-hydroxylation sites is 1. The van der Waals surface area contributed by atoms with Gasteiger partial charge in [0.25, 0.3) is 0 Å². The van der Waals surface area contributed by atoms with Crippen LogP contribution >= 0.6 is 23.2 Å². The van der Waals surface area contributed by atoms with E-state index in [0.717, 1.165) is 0 Å². The first kappa shape index (κ1) is 10.1. The Hall–Kier alpha value is -1.39. The van der Waals surface area contributed by atoms with Crippen molar-refractivity contribution < 1.29 is 4.74 Å². The van der Waals surface area contributed by atoms with Crippen LogP contribution in [0, 0.1) is 0 Å². The van der Waals surface area contributed by atoms with E-state index in [-0.39, 0.29) is 16.6 Å². The molecule has 0 radical (unpaired) electrons. The monoisotopic (exact) mass is 241 g/mol. The Morgan fingerprint density at radius 2 is 1.47 bits per heavy atom. The van der Waals surface area contributed by atoms with Crippen molar-refractivity contribution >= 4 is 23.2 Å². The summed E-state index contributed by atoms with van der Waals surface area (Å²) in [5.74, 6) is 0.607. The lowest BCUT2D eigenvalue weighted by Gasteiger charge is -2.02. The van der Waals surface area contributed by atoms with Crippen LogP contribution in [0.5, 0.6) is 11.8 Å². The number of aromatic nitrogens is 3. The van der Waals surface area contributed by atoms with Gasteiger partial charge < -0.3 is 4.74 Å². The highest BCUT2D eigenvalue weighted by atomic mass is 35.5. The van der Waals surface area contributed by atoms with Gasteiger partial charge in [0.15, 0.2) is 0 Å². The van der Waals surface area contributed by atoms with Crippen LogP contribution in [-0.2, 0) is 0 Å². The first-order valence-electron chi connectivity index (χ1n) is 4.04. The second-order valence-electron chi connectivity index (χ2n) is 2.57. The molecule has 76 valence electrons. The van der Waals surface area contributed by atoms with Crippen molar-refractivity contribution in [2.45, 2.75) is 0 Å². The average Bonchev–Trinajstić information content (AvgIpc) is 2.17. The first-order valence-corrected chi connectivity index (χ1v) is 4.79. The van der Waals surface area contributed by atoms with Crippen molar-refractivity contribution in [3.8, 4) is 11.8 Å². The van der Waals surface area contributed by atoms with Gasteiger partial charge in [-0.05, 0) is 35.3 Å². The highest BCUT2D eigenvalue weighted by molar-refractivity contribution is 6.31. The van der Waals surface area contributed by atoms with E-state index in [1.807, 2.05) is 18.2 Å². The highest BCUT2D eigenvalue weighted by Gasteiger charge is 2.04. The zero-order valence-electron chi connectivity index (χ0n) is 7.39. The van der Waals surface area contributed by atoms with Gasteiger partial charge in [-0.3, -0.25) is 0 Å². The normalized spacial score (nSPS) is 10.0. The Balaban J connectivity index is 2.25. The third kappa shape index (κ3) is 2.78. The largest absolute Gasteiger partial charge is 0.424 e. The Kier molecular flexibility index (Phi) is 2.99. The van der Waals surface area contributed by atoms with E-state index in [0.29, 0.717) is 5.75 Å². The number of hydrogen-bond donors (Lipinski definition) is 0. The summed E-state index contributed by atoms with van der Waals surface area (Å²) >= 11 is 11.2. The summed E-state index contributed by atoms with van der Waals surface area (Å²) in [7, 11) is 0. The second kappa shape index (κ2) is 4.42.